The van der Waals surface area contributed by atoms with Gasteiger partial charge in [0.05, 0.1) is 5.69 Å². The van der Waals surface area contributed by atoms with Crippen LogP contribution in [0, 0.1) is 0 Å². The summed E-state index contributed by atoms with van der Waals surface area (Å²) in [5.74, 6) is -1.14. The van der Waals surface area contributed by atoms with Crippen molar-refractivity contribution in [2.75, 3.05) is 0 Å². The first-order valence-corrected chi connectivity index (χ1v) is 6.77. The predicted octanol–water partition coefficient (Wildman–Crippen LogP) is 3.50. The highest BCUT2D eigenvalue weighted by Gasteiger charge is 2.12. The normalized spacial score (nSPS) is 11.1. The van der Waals surface area contributed by atoms with Crippen LogP contribution < -0.4 is 0 Å². The number of aliphatic carboxylic acids is 1. The number of aromatic amines is 1. The van der Waals surface area contributed by atoms with Crippen LogP contribution in [0.25, 0.3) is 17.0 Å². The molecule has 0 bridgehead atoms. The third-order valence-corrected chi connectivity index (χ3v) is 3.34. The Morgan fingerprint density at radius 2 is 1.82 bits per heavy atom. The molecule has 4 heteroatoms. The summed E-state index contributed by atoms with van der Waals surface area (Å²) in [6.07, 6.45) is 2.51. The lowest BCUT2D eigenvalue weighted by Gasteiger charge is -2.00. The number of carboxylic acid groups (broad SMARTS) is 1. The Kier molecular flexibility index (Phi) is 3.58. The third-order valence-electron chi connectivity index (χ3n) is 3.34. The van der Waals surface area contributed by atoms with Gasteiger partial charge in [-0.25, -0.2) is 4.79 Å². The molecular weight excluding hydrogens is 278 g/mol. The van der Waals surface area contributed by atoms with Gasteiger partial charge < -0.3 is 10.1 Å². The number of rotatable bonds is 4. The average Bonchev–Trinajstić information content (AvgIpc) is 2.96. The number of aromatic nitrogens is 1. The van der Waals surface area contributed by atoms with Crippen molar-refractivity contribution in [1.82, 2.24) is 4.98 Å². The molecule has 0 aliphatic rings. The topological polar surface area (TPSA) is 70.2 Å². The van der Waals surface area contributed by atoms with Crippen LogP contribution in [-0.2, 0) is 4.79 Å². The number of carbonyl (C=O) groups excluding carboxylic acids is 1. The largest absolute Gasteiger partial charge is 0.478 e. The molecule has 1 heterocycles. The number of ketones is 1. The molecule has 2 N–H and O–H groups in total. The predicted molar refractivity (Wildman–Crippen MR) is 84.8 cm³/mol. The Bertz CT molecular complexity index is 857. The Labute approximate surface area is 126 Å². The molecular formula is C18H13NO3. The van der Waals surface area contributed by atoms with Crippen molar-refractivity contribution >= 4 is 28.7 Å². The van der Waals surface area contributed by atoms with E-state index in [1.54, 1.807) is 24.3 Å². The van der Waals surface area contributed by atoms with Crippen LogP contribution in [0.2, 0.25) is 0 Å². The second-order valence-corrected chi connectivity index (χ2v) is 4.90. The van der Waals surface area contributed by atoms with E-state index >= 15 is 0 Å². The van der Waals surface area contributed by atoms with E-state index in [0.29, 0.717) is 16.8 Å². The van der Waals surface area contributed by atoms with Gasteiger partial charge in [0.2, 0.25) is 5.78 Å². The smallest absolute Gasteiger partial charge is 0.328 e. The number of fused-ring (bicyclic) bond motifs is 1. The minimum Gasteiger partial charge on any atom is -0.478 e. The fraction of sp³-hybridized carbons (Fsp3) is 0. The first-order valence-electron chi connectivity index (χ1n) is 6.77. The van der Waals surface area contributed by atoms with Crippen molar-refractivity contribution in [1.29, 1.82) is 0 Å². The van der Waals surface area contributed by atoms with E-state index in [-0.39, 0.29) is 5.78 Å². The zero-order valence-corrected chi connectivity index (χ0v) is 11.6. The second kappa shape index (κ2) is 5.69. The van der Waals surface area contributed by atoms with Crippen LogP contribution in [0.15, 0.2) is 60.7 Å². The number of hydrogen-bond donors (Lipinski definition) is 2. The maximum atomic E-state index is 12.5. The van der Waals surface area contributed by atoms with E-state index in [0.717, 1.165) is 17.0 Å². The molecule has 0 unspecified atom stereocenters. The number of carboxylic acids is 1. The molecule has 0 atom stereocenters. The van der Waals surface area contributed by atoms with E-state index in [2.05, 4.69) is 4.98 Å². The van der Waals surface area contributed by atoms with Crippen molar-refractivity contribution < 1.29 is 14.7 Å². The Balaban J connectivity index is 1.94. The van der Waals surface area contributed by atoms with Gasteiger partial charge in [0, 0.05) is 22.5 Å². The fourth-order valence-corrected chi connectivity index (χ4v) is 2.30. The molecule has 0 saturated carbocycles. The number of benzene rings is 2. The Morgan fingerprint density at radius 3 is 2.59 bits per heavy atom. The lowest BCUT2D eigenvalue weighted by molar-refractivity contribution is -0.131. The molecule has 0 aliphatic heterocycles. The summed E-state index contributed by atoms with van der Waals surface area (Å²) in [4.78, 5) is 26.2. The van der Waals surface area contributed by atoms with Crippen LogP contribution in [0.1, 0.15) is 21.6 Å². The number of H-pyrrole nitrogens is 1. The molecule has 3 rings (SSSR count). The molecule has 2 aromatic carbocycles. The van der Waals surface area contributed by atoms with E-state index in [1.807, 2.05) is 30.3 Å². The third kappa shape index (κ3) is 2.81. The highest BCUT2D eigenvalue weighted by molar-refractivity contribution is 6.10. The fourth-order valence-electron chi connectivity index (χ4n) is 2.30. The molecule has 108 valence electrons. The van der Waals surface area contributed by atoms with Gasteiger partial charge >= 0.3 is 5.97 Å². The molecule has 3 aromatic rings. The van der Waals surface area contributed by atoms with E-state index in [9.17, 15) is 9.59 Å². The van der Waals surface area contributed by atoms with Crippen LogP contribution in [0.4, 0.5) is 0 Å². The molecule has 22 heavy (non-hydrogen) atoms. The van der Waals surface area contributed by atoms with E-state index < -0.39 is 5.97 Å². The first kappa shape index (κ1) is 13.8. The first-order chi connectivity index (χ1) is 10.6. The van der Waals surface area contributed by atoms with Crippen LogP contribution in [0.5, 0.6) is 0 Å². The van der Waals surface area contributed by atoms with Crippen LogP contribution in [0.3, 0.4) is 0 Å². The SMILES string of the molecule is O=C(O)/C=C/c1cccc(C(=O)c2cc3ccccc3[nH]2)c1. The van der Waals surface area contributed by atoms with Gasteiger partial charge in [0.15, 0.2) is 0 Å². The van der Waals surface area contributed by atoms with Gasteiger partial charge in [-0.3, -0.25) is 4.79 Å². The van der Waals surface area contributed by atoms with Gasteiger partial charge in [0.25, 0.3) is 0 Å². The summed E-state index contributed by atoms with van der Waals surface area (Å²) in [5, 5.41) is 9.63. The lowest BCUT2D eigenvalue weighted by Crippen LogP contribution is -2.01. The number of nitrogens with one attached hydrogen (secondary N) is 1. The highest BCUT2D eigenvalue weighted by atomic mass is 16.4. The van der Waals surface area contributed by atoms with Gasteiger partial charge in [0.1, 0.15) is 0 Å². The summed E-state index contributed by atoms with van der Waals surface area (Å²) in [6, 6.07) is 16.4. The zero-order valence-electron chi connectivity index (χ0n) is 11.6. The molecule has 0 spiro atoms. The summed E-state index contributed by atoms with van der Waals surface area (Å²) in [7, 11) is 0. The van der Waals surface area contributed by atoms with Crippen molar-refractivity contribution in [3.8, 4) is 0 Å². The lowest BCUT2D eigenvalue weighted by atomic mass is 10.0. The van der Waals surface area contributed by atoms with Crippen LogP contribution in [-0.4, -0.2) is 21.8 Å². The standard InChI is InChI=1S/C18H13NO3/c20-17(21)9-8-12-4-3-6-14(10-12)18(22)16-11-13-5-1-2-7-15(13)19-16/h1-11,19H,(H,20,21)/b9-8+. The molecule has 4 nitrogen and oxygen atoms in total. The van der Waals surface area contributed by atoms with E-state index in [1.165, 1.54) is 6.08 Å². The summed E-state index contributed by atoms with van der Waals surface area (Å²) in [5.41, 5.74) is 2.61. The zero-order chi connectivity index (χ0) is 15.5. The van der Waals surface area contributed by atoms with Gasteiger partial charge in [-0.2, -0.15) is 0 Å². The van der Waals surface area contributed by atoms with Crippen molar-refractivity contribution in [3.63, 3.8) is 0 Å². The second-order valence-electron chi connectivity index (χ2n) is 4.90. The van der Waals surface area contributed by atoms with Crippen molar-refractivity contribution in [2.45, 2.75) is 0 Å². The van der Waals surface area contributed by atoms with Crippen LogP contribution >= 0.6 is 0 Å². The van der Waals surface area contributed by atoms with Gasteiger partial charge in [-0.05, 0) is 29.8 Å². The van der Waals surface area contributed by atoms with Crippen molar-refractivity contribution in [3.05, 3.63) is 77.5 Å². The summed E-state index contributed by atoms with van der Waals surface area (Å²) >= 11 is 0. The molecule has 0 amide bonds. The number of para-hydroxylation sites is 1. The molecule has 0 saturated heterocycles. The Hall–Kier alpha value is -3.14. The average molecular weight is 291 g/mol. The molecule has 0 radical (unpaired) electrons. The number of hydrogen-bond acceptors (Lipinski definition) is 2. The van der Waals surface area contributed by atoms with Gasteiger partial charge in [-0.15, -0.1) is 0 Å². The minimum atomic E-state index is -1.02. The van der Waals surface area contributed by atoms with Gasteiger partial charge in [-0.1, -0.05) is 36.4 Å². The maximum absolute atomic E-state index is 12.5. The maximum Gasteiger partial charge on any atom is 0.328 e. The molecule has 1 aromatic heterocycles. The number of carbonyl (C=O) groups is 2. The van der Waals surface area contributed by atoms with E-state index in [4.69, 9.17) is 5.11 Å². The monoisotopic (exact) mass is 291 g/mol. The Morgan fingerprint density at radius 1 is 1.00 bits per heavy atom. The molecule has 0 aliphatic carbocycles. The molecule has 0 fully saturated rings. The quantitative estimate of drug-likeness (QED) is 0.571. The summed E-state index contributed by atoms with van der Waals surface area (Å²) in [6.45, 7) is 0. The van der Waals surface area contributed by atoms with Crippen molar-refractivity contribution in [2.24, 2.45) is 0 Å². The summed E-state index contributed by atoms with van der Waals surface area (Å²) < 4.78 is 0. The highest BCUT2D eigenvalue weighted by Crippen LogP contribution is 2.18. The minimum absolute atomic E-state index is 0.123.